The van der Waals surface area contributed by atoms with Crippen LogP contribution in [0.3, 0.4) is 0 Å². The van der Waals surface area contributed by atoms with E-state index in [-0.39, 0.29) is 18.5 Å². The molecule has 2 unspecified atom stereocenters. The molecule has 1 aliphatic carbocycles. The van der Waals surface area contributed by atoms with Crippen molar-refractivity contribution < 1.29 is 23.6 Å². The number of aliphatic imine (C=N–C) groups is 1. The molecule has 2 aliphatic heterocycles. The largest absolute Gasteiger partial charge is 0.444 e. The minimum Gasteiger partial charge on any atom is -0.444 e. The highest BCUT2D eigenvalue weighted by molar-refractivity contribution is 7.84. The number of amides is 1. The van der Waals surface area contributed by atoms with Gasteiger partial charge in [0, 0.05) is 38.0 Å². The van der Waals surface area contributed by atoms with Gasteiger partial charge in [-0.3, -0.25) is 10.3 Å². The van der Waals surface area contributed by atoms with Crippen LogP contribution in [0.25, 0.3) is 21.3 Å². The molecule has 6 rings (SSSR count). The van der Waals surface area contributed by atoms with Gasteiger partial charge in [-0.15, -0.1) is 11.3 Å². The monoisotopic (exact) mass is 628 g/mol. The maximum atomic E-state index is 13.2. The fourth-order valence-corrected chi connectivity index (χ4v) is 7.64. The van der Waals surface area contributed by atoms with E-state index in [4.69, 9.17) is 26.1 Å². The van der Waals surface area contributed by atoms with Crippen molar-refractivity contribution in [3.05, 3.63) is 63.8 Å². The number of hydrogen-bond donors (Lipinski definition) is 3. The Balaban J connectivity index is 1.37. The van der Waals surface area contributed by atoms with E-state index < -0.39 is 34.3 Å². The van der Waals surface area contributed by atoms with Gasteiger partial charge in [-0.2, -0.15) is 0 Å². The summed E-state index contributed by atoms with van der Waals surface area (Å²) in [6.07, 6.45) is 3.88. The molecule has 3 aromatic rings. The molecule has 222 valence electrons. The molecule has 3 N–H and O–H groups in total. The summed E-state index contributed by atoms with van der Waals surface area (Å²) in [5.41, 5.74) is 1.33. The van der Waals surface area contributed by atoms with Crippen LogP contribution in [-0.4, -0.2) is 50.3 Å². The van der Waals surface area contributed by atoms with Crippen LogP contribution in [0.1, 0.15) is 62.9 Å². The minimum atomic E-state index is -1.28. The average Bonchev–Trinajstić information content (AvgIpc) is 3.69. The average molecular weight is 629 g/mol. The van der Waals surface area contributed by atoms with Gasteiger partial charge in [0.2, 0.25) is 0 Å². The molecule has 3 aliphatic rings. The first-order valence-corrected chi connectivity index (χ1v) is 16.3. The molecular formula is C30H33ClN4O5S2. The second-order valence-corrected chi connectivity index (χ2v) is 14.9. The lowest BCUT2D eigenvalue weighted by atomic mass is 9.91. The third-order valence-electron chi connectivity index (χ3n) is 7.20. The summed E-state index contributed by atoms with van der Waals surface area (Å²) in [6, 6.07) is 11.3. The van der Waals surface area contributed by atoms with Crippen LogP contribution in [0.2, 0.25) is 0 Å². The molecule has 42 heavy (non-hydrogen) atoms. The molecule has 1 saturated heterocycles. The summed E-state index contributed by atoms with van der Waals surface area (Å²) in [7, 11) is -1.28. The predicted octanol–water partition coefficient (Wildman–Crippen LogP) is 5.81. The van der Waals surface area contributed by atoms with E-state index in [1.165, 1.54) is 0 Å². The highest BCUT2D eigenvalue weighted by atomic mass is 35.5. The molecule has 9 nitrogen and oxygen atoms in total. The van der Waals surface area contributed by atoms with E-state index in [1.54, 1.807) is 38.3 Å². The number of carbonyl (C=O) groups excluding carboxylic acids is 1. The summed E-state index contributed by atoms with van der Waals surface area (Å²) in [5, 5.41) is 15.2. The number of carbonyl (C=O) groups is 1. The number of rotatable bonds is 7. The Kier molecular flexibility index (Phi) is 8.01. The number of benzene rings is 1. The predicted molar refractivity (Wildman–Crippen MR) is 166 cm³/mol. The number of allylic oxidation sites excluding steroid dienone is 1. The molecule has 0 radical (unpaired) electrons. The van der Waals surface area contributed by atoms with Crippen molar-refractivity contribution in [1.29, 1.82) is 0 Å². The zero-order valence-corrected chi connectivity index (χ0v) is 26.0. The van der Waals surface area contributed by atoms with Gasteiger partial charge in [0.1, 0.15) is 17.0 Å². The van der Waals surface area contributed by atoms with E-state index in [2.05, 4.69) is 21.1 Å². The van der Waals surface area contributed by atoms with Crippen molar-refractivity contribution in [2.75, 3.05) is 13.2 Å². The number of nitrogens with zero attached hydrogens (tertiary/aromatic N) is 2. The van der Waals surface area contributed by atoms with Crippen molar-refractivity contribution in [3.63, 3.8) is 0 Å². The lowest BCUT2D eigenvalue weighted by Gasteiger charge is -2.36. The van der Waals surface area contributed by atoms with Crippen molar-refractivity contribution in [3.8, 4) is 11.3 Å². The third-order valence-corrected chi connectivity index (χ3v) is 10.4. The number of hydrogen-bond acceptors (Lipinski definition) is 8. The first-order chi connectivity index (χ1) is 20.0. The minimum absolute atomic E-state index is 0.0944. The van der Waals surface area contributed by atoms with Gasteiger partial charge in [-0.25, -0.2) is 18.7 Å². The molecule has 4 heterocycles. The van der Waals surface area contributed by atoms with E-state index in [0.29, 0.717) is 29.4 Å². The number of pyridine rings is 1. The first-order valence-electron chi connectivity index (χ1n) is 13.9. The summed E-state index contributed by atoms with van der Waals surface area (Å²) in [4.78, 5) is 22.7. The lowest BCUT2D eigenvalue weighted by molar-refractivity contribution is -0.184. The van der Waals surface area contributed by atoms with Gasteiger partial charge < -0.3 is 14.6 Å². The molecule has 1 aromatic carbocycles. The molecule has 0 spiro atoms. The van der Waals surface area contributed by atoms with Crippen LogP contribution in [0.5, 0.6) is 0 Å². The SMILES string of the molecule is CC(C)(C)OC(=O)NC1=NC(C(NS(=O)C2CC2)c2cc3cccc(-c4cc(C5(O)COC5)ccn4)c3s2)=C(Cl)CC1. The second kappa shape index (κ2) is 11.4. The van der Waals surface area contributed by atoms with Gasteiger partial charge in [0.15, 0.2) is 0 Å². The lowest BCUT2D eigenvalue weighted by Crippen LogP contribution is -2.46. The zero-order chi connectivity index (χ0) is 29.6. The maximum absolute atomic E-state index is 13.2. The van der Waals surface area contributed by atoms with Crippen LogP contribution in [-0.2, 0) is 26.1 Å². The van der Waals surface area contributed by atoms with Crippen molar-refractivity contribution in [2.24, 2.45) is 4.99 Å². The maximum Gasteiger partial charge on any atom is 0.413 e. The Morgan fingerprint density at radius 3 is 2.71 bits per heavy atom. The van der Waals surface area contributed by atoms with Crippen LogP contribution in [0.15, 0.2) is 58.3 Å². The number of aliphatic hydroxyl groups is 1. The van der Waals surface area contributed by atoms with E-state index >= 15 is 0 Å². The number of ether oxygens (including phenoxy) is 2. The van der Waals surface area contributed by atoms with Gasteiger partial charge in [0.05, 0.1) is 41.6 Å². The summed E-state index contributed by atoms with van der Waals surface area (Å²) >= 11 is 8.32. The van der Waals surface area contributed by atoms with E-state index in [0.717, 1.165) is 44.6 Å². The summed E-state index contributed by atoms with van der Waals surface area (Å²) < 4.78 is 28.1. The van der Waals surface area contributed by atoms with Crippen LogP contribution in [0, 0.1) is 0 Å². The normalized spacial score (nSPS) is 20.1. The Bertz CT molecular complexity index is 1620. The Morgan fingerprint density at radius 2 is 2.02 bits per heavy atom. The highest BCUT2D eigenvalue weighted by Crippen LogP contribution is 2.42. The number of halogens is 1. The molecule has 1 amide bonds. The number of aromatic nitrogens is 1. The fraction of sp³-hybridized carbons (Fsp3) is 0.433. The van der Waals surface area contributed by atoms with Gasteiger partial charge in [-0.1, -0.05) is 29.8 Å². The van der Waals surface area contributed by atoms with Gasteiger partial charge in [0.25, 0.3) is 0 Å². The third kappa shape index (κ3) is 6.31. The zero-order valence-electron chi connectivity index (χ0n) is 23.6. The van der Waals surface area contributed by atoms with Crippen LogP contribution >= 0.6 is 22.9 Å². The Hall–Kier alpha value is -2.67. The van der Waals surface area contributed by atoms with Crippen LogP contribution in [0.4, 0.5) is 4.79 Å². The molecule has 0 bridgehead atoms. The quantitative estimate of drug-likeness (QED) is 0.304. The van der Waals surface area contributed by atoms with Crippen LogP contribution < -0.4 is 10.0 Å². The second-order valence-electron chi connectivity index (χ2n) is 11.8. The summed E-state index contributed by atoms with van der Waals surface area (Å²) in [6.45, 7) is 5.92. The Labute approximate surface area is 256 Å². The van der Waals surface area contributed by atoms with Crippen molar-refractivity contribution in [1.82, 2.24) is 15.0 Å². The number of alkyl carbamates (subject to hydrolysis) is 1. The first kappa shape index (κ1) is 29.4. The number of nitrogens with one attached hydrogen (secondary N) is 2. The van der Waals surface area contributed by atoms with Crippen molar-refractivity contribution in [2.45, 2.75) is 68.9 Å². The smallest absolute Gasteiger partial charge is 0.413 e. The molecule has 1 saturated carbocycles. The van der Waals surface area contributed by atoms with Crippen molar-refractivity contribution >= 4 is 55.9 Å². The highest BCUT2D eigenvalue weighted by Gasteiger charge is 2.38. The number of fused-ring (bicyclic) bond motifs is 1. The molecule has 2 aromatic heterocycles. The number of thiophene rings is 1. The standard InChI is InChI=1S/C30H33ClN4O5S2/c1-29(2,3)40-28(36)34-24-10-9-21(31)25(33-24)26(35-42(38)19-7-8-19)23-13-17-5-4-6-20(27(17)41-23)22-14-18(11-12-32-22)30(37)15-39-16-30/h4-6,11-14,19,26,35,37H,7-10,15-16H2,1-3H3,(H,33,34,36). The molecular weight excluding hydrogens is 596 g/mol. The Morgan fingerprint density at radius 1 is 1.24 bits per heavy atom. The topological polar surface area (TPSA) is 122 Å². The van der Waals surface area contributed by atoms with E-state index in [9.17, 15) is 14.1 Å². The van der Waals surface area contributed by atoms with Gasteiger partial charge in [-0.05, 0) is 69.2 Å². The molecule has 2 atom stereocenters. The van der Waals surface area contributed by atoms with Gasteiger partial charge >= 0.3 is 6.09 Å². The summed E-state index contributed by atoms with van der Waals surface area (Å²) in [5.74, 6) is 0.452. The molecule has 12 heteroatoms. The molecule has 2 fully saturated rings. The fourth-order valence-electron chi connectivity index (χ4n) is 4.85. The van der Waals surface area contributed by atoms with E-state index in [1.807, 2.05) is 30.3 Å². The number of amidine groups is 1.